The summed E-state index contributed by atoms with van der Waals surface area (Å²) < 4.78 is 2.04. The van der Waals surface area contributed by atoms with Gasteiger partial charge in [0.05, 0.1) is 5.69 Å². The van der Waals surface area contributed by atoms with Crippen LogP contribution in [0.5, 0.6) is 0 Å². The van der Waals surface area contributed by atoms with Crippen LogP contribution in [0.25, 0.3) is 16.9 Å². The van der Waals surface area contributed by atoms with Gasteiger partial charge in [0, 0.05) is 29.4 Å². The first-order chi connectivity index (χ1) is 10.8. The minimum absolute atomic E-state index is 0.567. The molecule has 0 saturated carbocycles. The molecule has 1 aliphatic rings. The summed E-state index contributed by atoms with van der Waals surface area (Å²) in [5.74, 6) is 0.567. The molecule has 22 heavy (non-hydrogen) atoms. The van der Waals surface area contributed by atoms with E-state index in [1.165, 1.54) is 24.1 Å². The molecular weight excluding hydrogens is 272 g/mol. The molecule has 1 saturated heterocycles. The van der Waals surface area contributed by atoms with E-state index in [2.05, 4.69) is 53.6 Å². The third-order valence-corrected chi connectivity index (χ3v) is 4.46. The highest BCUT2D eigenvalue weighted by Gasteiger charge is 2.19. The molecule has 4 rings (SSSR count). The van der Waals surface area contributed by atoms with Gasteiger partial charge in [0.1, 0.15) is 0 Å². The Kier molecular flexibility index (Phi) is 3.39. The third kappa shape index (κ3) is 2.40. The van der Waals surface area contributed by atoms with E-state index in [0.717, 1.165) is 30.0 Å². The first kappa shape index (κ1) is 13.5. The van der Waals surface area contributed by atoms with Crippen molar-refractivity contribution in [2.75, 3.05) is 13.1 Å². The Balaban J connectivity index is 1.80. The molecule has 1 aliphatic heterocycles. The monoisotopic (exact) mass is 292 g/mol. The molecule has 4 heteroatoms. The van der Waals surface area contributed by atoms with E-state index in [0.29, 0.717) is 5.92 Å². The minimum atomic E-state index is 0.567. The minimum Gasteiger partial charge on any atom is -0.317 e. The molecule has 0 radical (unpaired) electrons. The van der Waals surface area contributed by atoms with Crippen molar-refractivity contribution in [1.29, 1.82) is 0 Å². The lowest BCUT2D eigenvalue weighted by Gasteiger charge is -2.23. The van der Waals surface area contributed by atoms with Gasteiger partial charge < -0.3 is 5.32 Å². The molecule has 1 aromatic carbocycles. The maximum atomic E-state index is 4.83. The maximum absolute atomic E-state index is 4.83. The van der Waals surface area contributed by atoms with Crippen LogP contribution in [0.2, 0.25) is 0 Å². The van der Waals surface area contributed by atoms with Crippen molar-refractivity contribution in [3.8, 4) is 11.3 Å². The summed E-state index contributed by atoms with van der Waals surface area (Å²) in [4.78, 5) is 4.49. The third-order valence-electron chi connectivity index (χ3n) is 4.46. The smallest absolute Gasteiger partial charge is 0.155 e. The van der Waals surface area contributed by atoms with Crippen LogP contribution in [-0.2, 0) is 0 Å². The number of rotatable bonds is 2. The number of nitrogens with zero attached hydrogens (tertiary/aromatic N) is 3. The number of aromatic nitrogens is 3. The summed E-state index contributed by atoms with van der Waals surface area (Å²) >= 11 is 0. The predicted molar refractivity (Wildman–Crippen MR) is 88.0 cm³/mol. The van der Waals surface area contributed by atoms with Gasteiger partial charge in [-0.25, -0.2) is 9.50 Å². The Morgan fingerprint density at radius 1 is 1.14 bits per heavy atom. The number of fused-ring (bicyclic) bond motifs is 1. The first-order valence-corrected chi connectivity index (χ1v) is 7.94. The Morgan fingerprint density at radius 2 is 2.00 bits per heavy atom. The lowest BCUT2D eigenvalue weighted by molar-refractivity contribution is 0.447. The molecule has 2 aromatic heterocycles. The van der Waals surface area contributed by atoms with Gasteiger partial charge >= 0.3 is 0 Å². The molecule has 0 unspecified atom stereocenters. The molecule has 1 fully saturated rings. The summed E-state index contributed by atoms with van der Waals surface area (Å²) in [5.41, 5.74) is 5.62. The van der Waals surface area contributed by atoms with Gasteiger partial charge in [-0.3, -0.25) is 0 Å². The van der Waals surface area contributed by atoms with E-state index >= 15 is 0 Å². The summed E-state index contributed by atoms with van der Waals surface area (Å²) in [7, 11) is 0. The topological polar surface area (TPSA) is 42.2 Å². The highest BCUT2D eigenvalue weighted by Crippen LogP contribution is 2.27. The number of aryl methyl sites for hydroxylation is 1. The van der Waals surface area contributed by atoms with Crippen LogP contribution in [0.1, 0.15) is 30.0 Å². The molecule has 0 amide bonds. The highest BCUT2D eigenvalue weighted by atomic mass is 15.3. The molecule has 1 N–H and O–H groups in total. The SMILES string of the molecule is Cc1cccc(-c2cc3nccc(C4CCNCC4)n3n2)c1. The normalized spacial score (nSPS) is 16.2. The van der Waals surface area contributed by atoms with Crippen LogP contribution in [-0.4, -0.2) is 27.7 Å². The second kappa shape index (κ2) is 5.54. The Bertz CT molecular complexity index is 800. The molecule has 0 spiro atoms. The van der Waals surface area contributed by atoms with E-state index in [9.17, 15) is 0 Å². The van der Waals surface area contributed by atoms with Crippen molar-refractivity contribution in [2.24, 2.45) is 0 Å². The van der Waals surface area contributed by atoms with Crippen molar-refractivity contribution in [3.05, 3.63) is 53.9 Å². The summed E-state index contributed by atoms with van der Waals surface area (Å²) in [6.45, 7) is 4.28. The van der Waals surface area contributed by atoms with E-state index < -0.39 is 0 Å². The van der Waals surface area contributed by atoms with Gasteiger partial charge in [-0.15, -0.1) is 0 Å². The van der Waals surface area contributed by atoms with Gasteiger partial charge in [-0.05, 0) is 45.0 Å². The van der Waals surface area contributed by atoms with Crippen LogP contribution < -0.4 is 5.32 Å². The standard InChI is InChI=1S/C18H20N4/c1-13-3-2-4-15(11-13)16-12-18-20-10-7-17(22(18)21-16)14-5-8-19-9-6-14/h2-4,7,10-12,14,19H,5-6,8-9H2,1H3. The number of benzene rings is 1. The van der Waals surface area contributed by atoms with Gasteiger partial charge in [0.15, 0.2) is 5.65 Å². The van der Waals surface area contributed by atoms with Gasteiger partial charge in [-0.1, -0.05) is 23.8 Å². The number of hydrogen-bond acceptors (Lipinski definition) is 3. The zero-order chi connectivity index (χ0) is 14.9. The fourth-order valence-electron chi connectivity index (χ4n) is 3.29. The van der Waals surface area contributed by atoms with E-state index in [4.69, 9.17) is 5.10 Å². The van der Waals surface area contributed by atoms with Crippen LogP contribution in [0.4, 0.5) is 0 Å². The molecular formula is C18H20N4. The largest absolute Gasteiger partial charge is 0.317 e. The molecule has 4 nitrogen and oxygen atoms in total. The van der Waals surface area contributed by atoms with E-state index in [1.807, 2.05) is 10.7 Å². The molecule has 112 valence electrons. The Labute approximate surface area is 130 Å². The van der Waals surface area contributed by atoms with Gasteiger partial charge in [0.25, 0.3) is 0 Å². The van der Waals surface area contributed by atoms with Crippen molar-refractivity contribution < 1.29 is 0 Å². The van der Waals surface area contributed by atoms with Crippen LogP contribution in [0.3, 0.4) is 0 Å². The average molecular weight is 292 g/mol. The fourth-order valence-corrected chi connectivity index (χ4v) is 3.29. The lowest BCUT2D eigenvalue weighted by Crippen LogP contribution is -2.27. The van der Waals surface area contributed by atoms with Crippen LogP contribution in [0.15, 0.2) is 42.6 Å². The lowest BCUT2D eigenvalue weighted by atomic mass is 9.94. The van der Waals surface area contributed by atoms with Crippen LogP contribution >= 0.6 is 0 Å². The second-order valence-electron chi connectivity index (χ2n) is 6.06. The summed E-state index contributed by atoms with van der Waals surface area (Å²) in [5, 5.41) is 8.26. The Morgan fingerprint density at radius 3 is 2.82 bits per heavy atom. The van der Waals surface area contributed by atoms with Crippen molar-refractivity contribution >= 4 is 5.65 Å². The van der Waals surface area contributed by atoms with Crippen molar-refractivity contribution in [3.63, 3.8) is 0 Å². The number of hydrogen-bond donors (Lipinski definition) is 1. The first-order valence-electron chi connectivity index (χ1n) is 7.94. The van der Waals surface area contributed by atoms with Crippen molar-refractivity contribution in [1.82, 2.24) is 19.9 Å². The van der Waals surface area contributed by atoms with Gasteiger partial charge in [0.2, 0.25) is 0 Å². The Hall–Kier alpha value is -2.20. The quantitative estimate of drug-likeness (QED) is 0.789. The van der Waals surface area contributed by atoms with Gasteiger partial charge in [-0.2, -0.15) is 5.10 Å². The fraction of sp³-hybridized carbons (Fsp3) is 0.333. The van der Waals surface area contributed by atoms with Crippen LogP contribution in [0, 0.1) is 6.92 Å². The molecule has 0 bridgehead atoms. The molecule has 0 aliphatic carbocycles. The average Bonchev–Trinajstić information content (AvgIpc) is 3.00. The summed E-state index contributed by atoms with van der Waals surface area (Å²) in [6, 6.07) is 12.7. The van der Waals surface area contributed by atoms with E-state index in [1.54, 1.807) is 0 Å². The predicted octanol–water partition coefficient (Wildman–Crippen LogP) is 3.17. The number of piperidine rings is 1. The van der Waals surface area contributed by atoms with Crippen molar-refractivity contribution in [2.45, 2.75) is 25.7 Å². The zero-order valence-electron chi connectivity index (χ0n) is 12.8. The zero-order valence-corrected chi connectivity index (χ0v) is 12.8. The molecule has 3 aromatic rings. The maximum Gasteiger partial charge on any atom is 0.155 e. The molecule has 3 heterocycles. The second-order valence-corrected chi connectivity index (χ2v) is 6.06. The van der Waals surface area contributed by atoms with E-state index in [-0.39, 0.29) is 0 Å². The summed E-state index contributed by atoms with van der Waals surface area (Å²) in [6.07, 6.45) is 4.24. The molecule has 0 atom stereocenters. The number of nitrogens with one attached hydrogen (secondary N) is 1. The highest BCUT2D eigenvalue weighted by molar-refractivity contribution is 5.64.